The van der Waals surface area contributed by atoms with Crippen molar-refractivity contribution in [2.75, 3.05) is 7.05 Å². The van der Waals surface area contributed by atoms with Crippen LogP contribution >= 0.6 is 35.3 Å². The Kier molecular flexibility index (Phi) is 8.13. The second-order valence-corrected chi connectivity index (χ2v) is 7.92. The summed E-state index contributed by atoms with van der Waals surface area (Å²) >= 11 is 1.15. The lowest BCUT2D eigenvalue weighted by atomic mass is 10.1. The first-order valence-electron chi connectivity index (χ1n) is 7.04. The smallest absolute Gasteiger partial charge is 0.247 e. The predicted molar refractivity (Wildman–Crippen MR) is 109 cm³/mol. The predicted octanol–water partition coefficient (Wildman–Crippen LogP) is 2.44. The van der Waals surface area contributed by atoms with Gasteiger partial charge in [-0.25, -0.2) is 13.6 Å². The van der Waals surface area contributed by atoms with Crippen LogP contribution in [0, 0.1) is 0 Å². The summed E-state index contributed by atoms with van der Waals surface area (Å²) in [5.41, 5.74) is 1.16. The van der Waals surface area contributed by atoms with Crippen LogP contribution in [0.1, 0.15) is 23.4 Å². The van der Waals surface area contributed by atoms with Crippen LogP contribution in [0.3, 0.4) is 0 Å². The summed E-state index contributed by atoms with van der Waals surface area (Å²) in [4.78, 5) is 5.05. The first-order chi connectivity index (χ1) is 10.9. The molecule has 2 rings (SSSR count). The average molecular weight is 480 g/mol. The third-order valence-corrected chi connectivity index (χ3v) is 5.75. The molecule has 0 saturated carbocycles. The van der Waals surface area contributed by atoms with Gasteiger partial charge in [-0.3, -0.25) is 4.99 Å². The fourth-order valence-corrected chi connectivity index (χ4v) is 3.72. The fourth-order valence-electron chi connectivity index (χ4n) is 2.00. The third-order valence-electron chi connectivity index (χ3n) is 3.22. The zero-order valence-electron chi connectivity index (χ0n) is 13.4. The van der Waals surface area contributed by atoms with Crippen molar-refractivity contribution in [3.05, 3.63) is 52.9 Å². The van der Waals surface area contributed by atoms with Gasteiger partial charge >= 0.3 is 0 Å². The van der Waals surface area contributed by atoms with Crippen LogP contribution in [0.5, 0.6) is 0 Å². The van der Waals surface area contributed by atoms with Crippen molar-refractivity contribution in [1.82, 2.24) is 10.6 Å². The molecule has 132 valence electrons. The minimum absolute atomic E-state index is 0. The zero-order valence-corrected chi connectivity index (χ0v) is 17.4. The van der Waals surface area contributed by atoms with Crippen molar-refractivity contribution in [3.8, 4) is 0 Å². The number of nitrogens with two attached hydrogens (primary N) is 1. The van der Waals surface area contributed by atoms with Crippen LogP contribution in [0.25, 0.3) is 0 Å². The molecule has 0 radical (unpaired) electrons. The van der Waals surface area contributed by atoms with Crippen molar-refractivity contribution in [1.29, 1.82) is 0 Å². The third kappa shape index (κ3) is 6.04. The highest BCUT2D eigenvalue weighted by Gasteiger charge is 2.12. The molecular weight excluding hydrogens is 459 g/mol. The maximum Gasteiger partial charge on any atom is 0.247 e. The Bertz CT molecular complexity index is 776. The Balaban J connectivity index is 0.00000288. The van der Waals surface area contributed by atoms with Crippen LogP contribution < -0.4 is 15.8 Å². The quantitative estimate of drug-likeness (QED) is 0.348. The van der Waals surface area contributed by atoms with Crippen molar-refractivity contribution in [3.63, 3.8) is 0 Å². The maximum absolute atomic E-state index is 11.3. The van der Waals surface area contributed by atoms with Gasteiger partial charge in [-0.2, -0.15) is 0 Å². The van der Waals surface area contributed by atoms with E-state index in [9.17, 15) is 8.42 Å². The van der Waals surface area contributed by atoms with Gasteiger partial charge in [0.15, 0.2) is 5.96 Å². The summed E-state index contributed by atoms with van der Waals surface area (Å²) in [6.07, 6.45) is 0. The molecule has 0 aliphatic carbocycles. The van der Waals surface area contributed by atoms with Crippen LogP contribution in [0.15, 0.2) is 51.7 Å². The fraction of sp³-hybridized carbons (Fsp3) is 0.267. The van der Waals surface area contributed by atoms with Gasteiger partial charge in [-0.05, 0) is 24.6 Å². The number of hydrogen-bond donors (Lipinski definition) is 3. The number of primary sulfonamides is 1. The molecule has 1 atom stereocenters. The van der Waals surface area contributed by atoms with Crippen molar-refractivity contribution in [2.45, 2.75) is 23.7 Å². The molecule has 1 heterocycles. The number of sulfonamides is 1. The molecular formula is C15H21IN4O2S2. The second kappa shape index (κ2) is 9.35. The zero-order chi connectivity index (χ0) is 16.9. The molecule has 1 aromatic carbocycles. The van der Waals surface area contributed by atoms with Gasteiger partial charge < -0.3 is 10.6 Å². The molecule has 6 nitrogen and oxygen atoms in total. The minimum atomic E-state index is -3.64. The molecule has 2 aromatic rings. The van der Waals surface area contributed by atoms with E-state index in [0.29, 0.717) is 12.5 Å². The van der Waals surface area contributed by atoms with E-state index in [4.69, 9.17) is 5.14 Å². The van der Waals surface area contributed by atoms with E-state index in [1.165, 1.54) is 6.07 Å². The van der Waals surface area contributed by atoms with Crippen molar-refractivity contribution < 1.29 is 8.42 Å². The summed E-state index contributed by atoms with van der Waals surface area (Å²) in [6, 6.07) is 13.4. The van der Waals surface area contributed by atoms with Gasteiger partial charge in [0, 0.05) is 11.9 Å². The number of guanidine groups is 1. The molecule has 1 unspecified atom stereocenters. The molecule has 0 fully saturated rings. The molecule has 0 amide bonds. The topological polar surface area (TPSA) is 96.6 Å². The molecule has 9 heteroatoms. The van der Waals surface area contributed by atoms with Gasteiger partial charge in [-0.15, -0.1) is 35.3 Å². The van der Waals surface area contributed by atoms with E-state index in [1.807, 2.05) is 37.3 Å². The second-order valence-electron chi connectivity index (χ2n) is 4.97. The first-order valence-corrected chi connectivity index (χ1v) is 9.40. The highest BCUT2D eigenvalue weighted by Crippen LogP contribution is 2.20. The molecule has 0 aliphatic heterocycles. The molecule has 0 bridgehead atoms. The molecule has 0 saturated heterocycles. The van der Waals surface area contributed by atoms with E-state index < -0.39 is 10.0 Å². The molecule has 0 spiro atoms. The van der Waals surface area contributed by atoms with E-state index >= 15 is 0 Å². The SMILES string of the molecule is CN=C(NCc1ccc(S(N)(=O)=O)s1)NC(C)c1ccccc1.I. The summed E-state index contributed by atoms with van der Waals surface area (Å²) < 4.78 is 22.7. The number of thiophene rings is 1. The van der Waals surface area contributed by atoms with Gasteiger partial charge in [0.2, 0.25) is 10.0 Å². The standard InChI is InChI=1S/C15H20N4O2S2.HI/c1-11(12-6-4-3-5-7-12)19-15(17-2)18-10-13-8-9-14(22-13)23(16,20)21;/h3-9,11H,10H2,1-2H3,(H2,16,20,21)(H2,17,18,19);1H. The first kappa shape index (κ1) is 20.9. The average Bonchev–Trinajstić information content (AvgIpc) is 3.01. The lowest BCUT2D eigenvalue weighted by molar-refractivity contribution is 0.600. The molecule has 1 aromatic heterocycles. The van der Waals surface area contributed by atoms with Crippen molar-refractivity contribution in [2.24, 2.45) is 10.1 Å². The number of nitrogens with zero attached hydrogens (tertiary/aromatic N) is 1. The summed E-state index contributed by atoms with van der Waals surface area (Å²) in [5, 5.41) is 11.6. The number of rotatable bonds is 5. The number of hydrogen-bond acceptors (Lipinski definition) is 4. The lowest BCUT2D eigenvalue weighted by Gasteiger charge is -2.18. The van der Waals surface area contributed by atoms with Gasteiger partial charge in [0.1, 0.15) is 4.21 Å². The largest absolute Gasteiger partial charge is 0.352 e. The van der Waals surface area contributed by atoms with E-state index in [0.717, 1.165) is 21.8 Å². The number of nitrogens with one attached hydrogen (secondary N) is 2. The van der Waals surface area contributed by atoms with Crippen molar-refractivity contribution >= 4 is 51.3 Å². The monoisotopic (exact) mass is 480 g/mol. The Morgan fingerprint density at radius 3 is 2.46 bits per heavy atom. The van der Waals surface area contributed by atoms with Gasteiger partial charge in [-0.1, -0.05) is 30.3 Å². The summed E-state index contributed by atoms with van der Waals surface area (Å²) in [7, 11) is -1.94. The number of aliphatic imine (C=N–C) groups is 1. The highest BCUT2D eigenvalue weighted by molar-refractivity contribution is 14.0. The summed E-state index contributed by atoms with van der Waals surface area (Å²) in [5.74, 6) is 0.645. The van der Waals surface area contributed by atoms with E-state index in [2.05, 4.69) is 15.6 Å². The van der Waals surface area contributed by atoms with Crippen LogP contribution in [-0.4, -0.2) is 21.4 Å². The van der Waals surface area contributed by atoms with E-state index in [-0.39, 0.29) is 34.2 Å². The van der Waals surface area contributed by atoms with Crippen LogP contribution in [0.4, 0.5) is 0 Å². The van der Waals surface area contributed by atoms with Crippen LogP contribution in [0.2, 0.25) is 0 Å². The normalized spacial score (nSPS) is 13.0. The Morgan fingerprint density at radius 2 is 1.92 bits per heavy atom. The molecule has 4 N–H and O–H groups in total. The summed E-state index contributed by atoms with van der Waals surface area (Å²) in [6.45, 7) is 2.52. The maximum atomic E-state index is 11.3. The van der Waals surface area contributed by atoms with E-state index in [1.54, 1.807) is 13.1 Å². The van der Waals surface area contributed by atoms with Gasteiger partial charge in [0.05, 0.1) is 12.6 Å². The lowest BCUT2D eigenvalue weighted by Crippen LogP contribution is -2.38. The van der Waals surface area contributed by atoms with Gasteiger partial charge in [0.25, 0.3) is 0 Å². The molecule has 24 heavy (non-hydrogen) atoms. The number of benzene rings is 1. The Hall–Kier alpha value is -1.17. The highest BCUT2D eigenvalue weighted by atomic mass is 127. The van der Waals surface area contributed by atoms with Crippen LogP contribution in [-0.2, 0) is 16.6 Å². The minimum Gasteiger partial charge on any atom is -0.352 e. The Labute approximate surface area is 163 Å². The Morgan fingerprint density at radius 1 is 1.25 bits per heavy atom. The molecule has 0 aliphatic rings. The number of halogens is 1.